The van der Waals surface area contributed by atoms with Crippen molar-refractivity contribution in [3.8, 4) is 101 Å². The molecule has 0 N–H and O–H groups in total. The first-order valence-electron chi connectivity index (χ1n) is 23.7. The van der Waals surface area contributed by atoms with Crippen molar-refractivity contribution in [2.24, 2.45) is 0 Å². The molecule has 0 fully saturated rings. The zero-order valence-corrected chi connectivity index (χ0v) is 39.4. The monoisotopic (exact) mass is 858 g/mol. The summed E-state index contributed by atoms with van der Waals surface area (Å²) in [5.41, 5.74) is 13.5. The van der Waals surface area contributed by atoms with Crippen molar-refractivity contribution in [3.63, 3.8) is 0 Å². The smallest absolute Gasteiger partial charge is 0.0349 e. The molecule has 0 amide bonds. The van der Waals surface area contributed by atoms with E-state index in [-0.39, 0.29) is 5.41 Å². The molecule has 0 radical (unpaired) electrons. The summed E-state index contributed by atoms with van der Waals surface area (Å²) in [6.07, 6.45) is 27.0. The molecule has 4 aromatic carbocycles. The fourth-order valence-electron chi connectivity index (χ4n) is 9.37. The van der Waals surface area contributed by atoms with Gasteiger partial charge in [-0.1, -0.05) is 171 Å². The zero-order chi connectivity index (χ0) is 43.7. The van der Waals surface area contributed by atoms with Gasteiger partial charge in [0.05, 0.1) is 0 Å². The highest BCUT2D eigenvalue weighted by Gasteiger charge is 2.42. The van der Waals surface area contributed by atoms with E-state index in [1.165, 1.54) is 168 Å². The van der Waals surface area contributed by atoms with Gasteiger partial charge < -0.3 is 0 Å². The number of hydrogen-bond acceptors (Lipinski definition) is 2. The first kappa shape index (κ1) is 45.5. The summed E-state index contributed by atoms with van der Waals surface area (Å²) < 4.78 is 0. The third kappa shape index (κ3) is 11.6. The minimum absolute atomic E-state index is 0.000691. The van der Waals surface area contributed by atoms with Gasteiger partial charge in [-0.3, -0.25) is 0 Å². The Morgan fingerprint density at radius 3 is 1.38 bits per heavy atom. The number of fused-ring (bicyclic) bond motifs is 3. The highest BCUT2D eigenvalue weighted by atomic mass is 32.1. The third-order valence-corrected chi connectivity index (χ3v) is 15.2. The van der Waals surface area contributed by atoms with Gasteiger partial charge in [-0.2, -0.15) is 0 Å². The van der Waals surface area contributed by atoms with Gasteiger partial charge in [0, 0.05) is 30.5 Å². The molecular formula is C61H62S2. The Balaban J connectivity index is 1.17. The van der Waals surface area contributed by atoms with Crippen LogP contribution in [0.2, 0.25) is 0 Å². The Labute approximate surface area is 388 Å². The fraction of sp³-hybridized carbons (Fsp3) is 0.344. The topological polar surface area (TPSA) is 0 Å². The van der Waals surface area contributed by atoms with Crippen LogP contribution in [0.3, 0.4) is 0 Å². The van der Waals surface area contributed by atoms with Gasteiger partial charge in [0.25, 0.3) is 0 Å². The average molecular weight is 859 g/mol. The van der Waals surface area contributed by atoms with E-state index >= 15 is 0 Å². The second-order valence-corrected chi connectivity index (χ2v) is 19.4. The molecule has 6 aromatic rings. The molecule has 1 aliphatic rings. The molecule has 2 aromatic heterocycles. The molecule has 0 bridgehead atoms. The van der Waals surface area contributed by atoms with Gasteiger partial charge in [-0.15, -0.1) is 29.1 Å². The van der Waals surface area contributed by atoms with Crippen LogP contribution in [0, 0.1) is 47.9 Å². The predicted octanol–water partition coefficient (Wildman–Crippen LogP) is 17.6. The van der Waals surface area contributed by atoms with Crippen LogP contribution in [0.5, 0.6) is 0 Å². The van der Waals surface area contributed by atoms with Crippen LogP contribution >= 0.6 is 22.7 Å². The van der Waals surface area contributed by atoms with Gasteiger partial charge in [0.15, 0.2) is 0 Å². The lowest BCUT2D eigenvalue weighted by Gasteiger charge is -2.33. The summed E-state index contributed by atoms with van der Waals surface area (Å²) in [7, 11) is 0. The molecular weight excluding hydrogens is 797 g/mol. The molecule has 0 unspecified atom stereocenters. The summed E-state index contributed by atoms with van der Waals surface area (Å²) in [6.45, 7) is 6.94. The van der Waals surface area contributed by atoms with Crippen LogP contribution in [-0.4, -0.2) is 0 Å². The lowest BCUT2D eigenvalue weighted by Crippen LogP contribution is -2.25. The van der Waals surface area contributed by atoms with Gasteiger partial charge in [-0.05, 0) is 160 Å². The minimum Gasteiger partial charge on any atom is -0.135 e. The highest BCUT2D eigenvalue weighted by molar-refractivity contribution is 7.19. The van der Waals surface area contributed by atoms with E-state index in [1.54, 1.807) is 11.1 Å². The molecule has 0 saturated carbocycles. The fourth-order valence-corrected chi connectivity index (χ4v) is 11.4. The van der Waals surface area contributed by atoms with Crippen LogP contribution in [0.1, 0.15) is 146 Å². The molecule has 2 heterocycles. The minimum atomic E-state index is -0.000691. The number of hydrogen-bond donors (Lipinski definition) is 0. The third-order valence-electron chi connectivity index (χ3n) is 12.8. The molecule has 0 nitrogen and oxygen atoms in total. The molecule has 318 valence electrons. The van der Waals surface area contributed by atoms with E-state index in [0.717, 1.165) is 5.56 Å². The molecule has 0 spiro atoms. The van der Waals surface area contributed by atoms with E-state index in [4.69, 9.17) is 6.42 Å². The van der Waals surface area contributed by atoms with Crippen LogP contribution in [0.4, 0.5) is 0 Å². The largest absolute Gasteiger partial charge is 0.135 e. The van der Waals surface area contributed by atoms with Crippen molar-refractivity contribution >= 4 is 22.7 Å². The predicted molar refractivity (Wildman–Crippen MR) is 276 cm³/mol. The van der Waals surface area contributed by atoms with E-state index in [1.807, 2.05) is 22.7 Å². The summed E-state index contributed by atoms with van der Waals surface area (Å²) in [5.74, 6) is 18.7. The van der Waals surface area contributed by atoms with Crippen LogP contribution in [0.25, 0.3) is 52.9 Å². The van der Waals surface area contributed by atoms with E-state index in [9.17, 15) is 0 Å². The standard InChI is InChI=1S/C61H62S2/c1-5-9-13-17-19-21-25-47-27-31-49(32-28-47)57-39-41-59(62-57)51-35-37-53-54-38-36-52(46-56(54)61(55(53)45-51,43-23-15-11-7-3)44-24-16-12-8-4)60-42-40-58(63-60)50-33-29-48(30-34-50)26-22-20-18-14-10-6-2/h1,27-42,45-46H,6-8,10-12,14-16,18,20,22-24,26,43-44H2,2-4H3. The van der Waals surface area contributed by atoms with Crippen molar-refractivity contribution < 1.29 is 0 Å². The summed E-state index contributed by atoms with van der Waals surface area (Å²) in [4.78, 5) is 5.27. The number of terminal acetylenes is 1. The van der Waals surface area contributed by atoms with Gasteiger partial charge in [0.2, 0.25) is 0 Å². The van der Waals surface area contributed by atoms with Gasteiger partial charge in [0.1, 0.15) is 0 Å². The number of thiophene rings is 2. The SMILES string of the molecule is C#CC#CC#CC#Cc1ccc(-c2ccc(-c3ccc4c(c3)C(CCCCCC)(CCCCCC)c3cc(-c5ccc(-c6ccc(CCCCCCCC)cc6)s5)ccc3-4)s2)cc1. The molecule has 0 saturated heterocycles. The number of benzene rings is 4. The van der Waals surface area contributed by atoms with Gasteiger partial charge in [-0.25, -0.2) is 0 Å². The van der Waals surface area contributed by atoms with Crippen molar-refractivity contribution in [1.29, 1.82) is 0 Å². The van der Waals surface area contributed by atoms with Crippen LogP contribution in [-0.2, 0) is 11.8 Å². The Hall–Kier alpha value is -5.48. The zero-order valence-electron chi connectivity index (χ0n) is 37.8. The van der Waals surface area contributed by atoms with Crippen molar-refractivity contribution in [2.75, 3.05) is 0 Å². The maximum Gasteiger partial charge on any atom is 0.0349 e. The molecule has 1 aliphatic carbocycles. The van der Waals surface area contributed by atoms with Crippen molar-refractivity contribution in [3.05, 3.63) is 131 Å². The summed E-state index contributed by atoms with van der Waals surface area (Å²) in [5, 5.41) is 0. The van der Waals surface area contributed by atoms with E-state index in [0.29, 0.717) is 0 Å². The molecule has 0 atom stereocenters. The molecule has 0 aliphatic heterocycles. The van der Waals surface area contributed by atoms with E-state index < -0.39 is 0 Å². The van der Waals surface area contributed by atoms with Crippen LogP contribution in [0.15, 0.2) is 109 Å². The normalized spacial score (nSPS) is 11.9. The van der Waals surface area contributed by atoms with Crippen LogP contribution < -0.4 is 0 Å². The second-order valence-electron chi connectivity index (χ2n) is 17.2. The first-order valence-corrected chi connectivity index (χ1v) is 25.4. The van der Waals surface area contributed by atoms with Crippen molar-refractivity contribution in [2.45, 2.75) is 135 Å². The Morgan fingerprint density at radius 2 is 0.857 bits per heavy atom. The maximum atomic E-state index is 5.16. The maximum absolute atomic E-state index is 5.16. The number of aryl methyl sites for hydroxylation is 1. The highest BCUT2D eigenvalue weighted by Crippen LogP contribution is 2.56. The van der Waals surface area contributed by atoms with E-state index in [2.05, 4.69) is 171 Å². The lowest BCUT2D eigenvalue weighted by molar-refractivity contribution is 0.401. The Morgan fingerprint density at radius 1 is 0.429 bits per heavy atom. The first-order chi connectivity index (χ1) is 31.1. The van der Waals surface area contributed by atoms with Gasteiger partial charge >= 0.3 is 0 Å². The Kier molecular flexibility index (Phi) is 16.8. The van der Waals surface area contributed by atoms with Crippen molar-refractivity contribution in [1.82, 2.24) is 0 Å². The quantitative estimate of drug-likeness (QED) is 0.0500. The number of unbranched alkanes of at least 4 members (excludes halogenated alkanes) is 11. The summed E-state index contributed by atoms with van der Waals surface area (Å²) >= 11 is 3.81. The average Bonchev–Trinajstić information content (AvgIpc) is 4.08. The second kappa shape index (κ2) is 23.3. The number of rotatable bonds is 21. The molecule has 7 rings (SSSR count). The molecule has 63 heavy (non-hydrogen) atoms. The summed E-state index contributed by atoms with van der Waals surface area (Å²) in [6, 6.07) is 42.0. The lowest BCUT2D eigenvalue weighted by atomic mass is 9.70. The molecule has 2 heteroatoms. The Bertz CT molecular complexity index is 2640.